The normalized spacial score (nSPS) is 15.4. The number of pyridine rings is 1. The molecule has 0 amide bonds. The fourth-order valence-electron chi connectivity index (χ4n) is 3.74. The minimum absolute atomic E-state index is 0.0255. The van der Waals surface area contributed by atoms with Gasteiger partial charge in [0.2, 0.25) is 10.0 Å². The third-order valence-electron chi connectivity index (χ3n) is 5.35. The first-order chi connectivity index (χ1) is 15.3. The zero-order chi connectivity index (χ0) is 22.5. The molecule has 5 rings (SSSR count). The van der Waals surface area contributed by atoms with Crippen LogP contribution in [-0.2, 0) is 14.8 Å². The predicted octanol–water partition coefficient (Wildman–Crippen LogP) is 4.13. The Labute approximate surface area is 191 Å². The lowest BCUT2D eigenvalue weighted by atomic mass is 10.1. The molecule has 2 aromatic carbocycles. The molecule has 0 saturated carbocycles. The Balaban J connectivity index is 1.64. The van der Waals surface area contributed by atoms with E-state index in [9.17, 15) is 18.3 Å². The standard InChI is InChI=1S/C22H17BrN2O6S/c23-14-1-4-20-13(9-14)10-21(31-20)19-12-17(22(26)27)16-11-15(2-3-18(16)24-19)32(28,29)25-5-7-30-8-6-25/h1-4,9-12H,5-8H2,(H,26,27). The fraction of sp³-hybridized carbons (Fsp3) is 0.182. The average Bonchev–Trinajstić information content (AvgIpc) is 3.21. The fourth-order valence-corrected chi connectivity index (χ4v) is 5.56. The van der Waals surface area contributed by atoms with Gasteiger partial charge in [-0.2, -0.15) is 4.31 Å². The molecule has 0 unspecified atom stereocenters. The van der Waals surface area contributed by atoms with E-state index < -0.39 is 16.0 Å². The Kier molecular flexibility index (Phi) is 5.25. The van der Waals surface area contributed by atoms with E-state index in [0.717, 1.165) is 9.86 Å². The van der Waals surface area contributed by atoms with E-state index in [4.69, 9.17) is 9.15 Å². The Bertz CT molecular complexity index is 1470. The van der Waals surface area contributed by atoms with Gasteiger partial charge in [0.25, 0.3) is 0 Å². The van der Waals surface area contributed by atoms with Crippen molar-refractivity contribution in [1.29, 1.82) is 0 Å². The minimum Gasteiger partial charge on any atom is -0.478 e. The predicted molar refractivity (Wildman–Crippen MR) is 121 cm³/mol. The van der Waals surface area contributed by atoms with Crippen LogP contribution in [0.5, 0.6) is 0 Å². The summed E-state index contributed by atoms with van der Waals surface area (Å²) in [6, 6.07) is 13.1. The first-order valence-electron chi connectivity index (χ1n) is 9.78. The first-order valence-corrected chi connectivity index (χ1v) is 12.0. The maximum Gasteiger partial charge on any atom is 0.336 e. The highest BCUT2D eigenvalue weighted by Gasteiger charge is 2.27. The molecule has 2 aromatic heterocycles. The van der Waals surface area contributed by atoms with Crippen LogP contribution in [0.1, 0.15) is 10.4 Å². The summed E-state index contributed by atoms with van der Waals surface area (Å²) in [4.78, 5) is 16.6. The number of fused-ring (bicyclic) bond motifs is 2. The molecule has 0 radical (unpaired) electrons. The second-order valence-electron chi connectivity index (χ2n) is 7.35. The Morgan fingerprint density at radius 2 is 1.84 bits per heavy atom. The number of halogens is 1. The SMILES string of the molecule is O=C(O)c1cc(-c2cc3cc(Br)ccc3o2)nc2ccc(S(=O)(=O)N3CCOCC3)cc12. The molecule has 164 valence electrons. The second kappa shape index (κ2) is 7.96. The number of morpholine rings is 1. The van der Waals surface area contributed by atoms with Gasteiger partial charge in [0.1, 0.15) is 11.3 Å². The number of hydrogen-bond donors (Lipinski definition) is 1. The van der Waals surface area contributed by atoms with Crippen molar-refractivity contribution in [3.63, 3.8) is 0 Å². The number of hydrogen-bond acceptors (Lipinski definition) is 6. The third-order valence-corrected chi connectivity index (χ3v) is 7.74. The van der Waals surface area contributed by atoms with Crippen LogP contribution in [0.3, 0.4) is 0 Å². The number of carbonyl (C=O) groups is 1. The topological polar surface area (TPSA) is 110 Å². The van der Waals surface area contributed by atoms with Crippen molar-refractivity contribution in [2.24, 2.45) is 0 Å². The number of aromatic carboxylic acids is 1. The molecule has 0 atom stereocenters. The van der Waals surface area contributed by atoms with Crippen LogP contribution >= 0.6 is 15.9 Å². The van der Waals surface area contributed by atoms with E-state index in [1.54, 1.807) is 6.07 Å². The summed E-state index contributed by atoms with van der Waals surface area (Å²) in [5.74, 6) is -0.758. The molecule has 1 aliphatic heterocycles. The molecule has 1 fully saturated rings. The van der Waals surface area contributed by atoms with Crippen molar-refractivity contribution >= 4 is 53.8 Å². The van der Waals surface area contributed by atoms with Crippen molar-refractivity contribution in [2.75, 3.05) is 26.3 Å². The van der Waals surface area contributed by atoms with Gasteiger partial charge in [-0.25, -0.2) is 18.2 Å². The number of sulfonamides is 1. The molecule has 0 aliphatic carbocycles. The van der Waals surface area contributed by atoms with Gasteiger partial charge in [-0.05, 0) is 48.5 Å². The molecular weight excluding hydrogens is 500 g/mol. The number of rotatable bonds is 4. The highest BCUT2D eigenvalue weighted by atomic mass is 79.9. The molecule has 1 N–H and O–H groups in total. The first kappa shape index (κ1) is 21.1. The van der Waals surface area contributed by atoms with Crippen LogP contribution in [0.15, 0.2) is 62.3 Å². The Hall–Kier alpha value is -2.79. The van der Waals surface area contributed by atoms with Crippen LogP contribution < -0.4 is 0 Å². The Morgan fingerprint density at radius 3 is 2.59 bits per heavy atom. The smallest absolute Gasteiger partial charge is 0.336 e. The van der Waals surface area contributed by atoms with Gasteiger partial charge in [-0.15, -0.1) is 0 Å². The maximum absolute atomic E-state index is 13.0. The number of carboxylic acids is 1. The van der Waals surface area contributed by atoms with Crippen LogP contribution in [0.4, 0.5) is 0 Å². The molecule has 4 aromatic rings. The lowest BCUT2D eigenvalue weighted by molar-refractivity contribution is 0.0699. The molecule has 1 saturated heterocycles. The summed E-state index contributed by atoms with van der Waals surface area (Å²) < 4.78 is 39.3. The van der Waals surface area contributed by atoms with Crippen LogP contribution in [0, 0.1) is 0 Å². The summed E-state index contributed by atoms with van der Waals surface area (Å²) in [7, 11) is -3.77. The van der Waals surface area contributed by atoms with E-state index in [1.807, 2.05) is 18.2 Å². The summed E-state index contributed by atoms with van der Waals surface area (Å²) >= 11 is 3.42. The van der Waals surface area contributed by atoms with Crippen LogP contribution in [0.2, 0.25) is 0 Å². The molecule has 32 heavy (non-hydrogen) atoms. The van der Waals surface area contributed by atoms with Crippen molar-refractivity contribution in [1.82, 2.24) is 9.29 Å². The van der Waals surface area contributed by atoms with E-state index in [1.165, 1.54) is 28.6 Å². The maximum atomic E-state index is 13.0. The molecule has 8 nitrogen and oxygen atoms in total. The largest absolute Gasteiger partial charge is 0.478 e. The van der Waals surface area contributed by atoms with Gasteiger partial charge in [0.15, 0.2) is 5.76 Å². The molecule has 10 heteroatoms. The van der Waals surface area contributed by atoms with E-state index >= 15 is 0 Å². The van der Waals surface area contributed by atoms with E-state index in [2.05, 4.69) is 20.9 Å². The molecule has 0 bridgehead atoms. The van der Waals surface area contributed by atoms with Gasteiger partial charge in [0.05, 0.1) is 29.2 Å². The van der Waals surface area contributed by atoms with Gasteiger partial charge in [0, 0.05) is 28.3 Å². The number of benzene rings is 2. The number of aromatic nitrogens is 1. The molecule has 0 spiro atoms. The van der Waals surface area contributed by atoms with Gasteiger partial charge in [-0.1, -0.05) is 15.9 Å². The average molecular weight is 517 g/mol. The van der Waals surface area contributed by atoms with Gasteiger partial charge >= 0.3 is 5.97 Å². The summed E-state index contributed by atoms with van der Waals surface area (Å²) in [6.45, 7) is 1.16. The van der Waals surface area contributed by atoms with Gasteiger partial charge in [-0.3, -0.25) is 0 Å². The second-order valence-corrected chi connectivity index (χ2v) is 10.2. The number of carboxylic acid groups (broad SMARTS) is 1. The zero-order valence-corrected chi connectivity index (χ0v) is 19.0. The lowest BCUT2D eigenvalue weighted by Crippen LogP contribution is -2.40. The summed E-state index contributed by atoms with van der Waals surface area (Å²) in [5.41, 5.74) is 1.31. The highest BCUT2D eigenvalue weighted by Crippen LogP contribution is 2.32. The highest BCUT2D eigenvalue weighted by molar-refractivity contribution is 9.10. The molecule has 1 aliphatic rings. The molecular formula is C22H17BrN2O6S. The lowest BCUT2D eigenvalue weighted by Gasteiger charge is -2.26. The van der Waals surface area contributed by atoms with E-state index in [0.29, 0.717) is 35.8 Å². The minimum atomic E-state index is -3.77. The summed E-state index contributed by atoms with van der Waals surface area (Å²) in [5, 5.41) is 10.9. The van der Waals surface area contributed by atoms with Gasteiger partial charge < -0.3 is 14.3 Å². The van der Waals surface area contributed by atoms with Crippen molar-refractivity contribution < 1.29 is 27.5 Å². The molecule has 3 heterocycles. The Morgan fingerprint density at radius 1 is 1.06 bits per heavy atom. The van der Waals surface area contributed by atoms with Crippen molar-refractivity contribution in [3.05, 3.63) is 58.6 Å². The zero-order valence-electron chi connectivity index (χ0n) is 16.6. The monoisotopic (exact) mass is 516 g/mol. The van der Waals surface area contributed by atoms with Crippen LogP contribution in [0.25, 0.3) is 33.3 Å². The quantitative estimate of drug-likeness (QED) is 0.434. The van der Waals surface area contributed by atoms with E-state index in [-0.39, 0.29) is 28.9 Å². The van der Waals surface area contributed by atoms with Crippen molar-refractivity contribution in [3.8, 4) is 11.5 Å². The number of ether oxygens (including phenoxy) is 1. The van der Waals surface area contributed by atoms with Crippen LogP contribution in [-0.4, -0.2) is 55.1 Å². The third kappa shape index (κ3) is 3.69. The number of furan rings is 1. The summed E-state index contributed by atoms with van der Waals surface area (Å²) in [6.07, 6.45) is 0. The number of nitrogens with zero attached hydrogens (tertiary/aromatic N) is 2. The van der Waals surface area contributed by atoms with Crippen molar-refractivity contribution in [2.45, 2.75) is 4.90 Å².